The molecule has 1 aliphatic carbocycles. The standard InChI is InChI=1S/C21H29N3O5S/c1-24(2)17(18-9-6-12-29-18)14-22-21(25)15-10-11-19(28-3)20(13-15)30(26,27)23-16-7-4-5-8-16/h6,9-13,16-17,23H,4-5,7-8,14H2,1-3H3,(H,22,25)/t17-/m1/s1. The van der Waals surface area contributed by atoms with Crippen LogP contribution in [0.25, 0.3) is 0 Å². The number of carbonyl (C=O) groups excluding carboxylic acids is 1. The molecule has 1 aromatic heterocycles. The first-order valence-corrected chi connectivity index (χ1v) is 11.5. The fourth-order valence-corrected chi connectivity index (χ4v) is 5.16. The minimum Gasteiger partial charge on any atom is -0.495 e. The van der Waals surface area contributed by atoms with E-state index in [9.17, 15) is 13.2 Å². The van der Waals surface area contributed by atoms with Gasteiger partial charge in [-0.15, -0.1) is 0 Å². The lowest BCUT2D eigenvalue weighted by molar-refractivity contribution is 0.0939. The lowest BCUT2D eigenvalue weighted by Gasteiger charge is -2.22. The van der Waals surface area contributed by atoms with Gasteiger partial charge in [0.05, 0.1) is 19.4 Å². The Morgan fingerprint density at radius 1 is 1.27 bits per heavy atom. The Kier molecular flexibility index (Phi) is 7.17. The molecular weight excluding hydrogens is 406 g/mol. The second-order valence-electron chi connectivity index (χ2n) is 7.67. The molecule has 30 heavy (non-hydrogen) atoms. The van der Waals surface area contributed by atoms with E-state index >= 15 is 0 Å². The quantitative estimate of drug-likeness (QED) is 0.628. The third-order valence-electron chi connectivity index (χ3n) is 5.34. The third-order valence-corrected chi connectivity index (χ3v) is 6.88. The number of sulfonamides is 1. The first kappa shape index (κ1) is 22.3. The van der Waals surface area contributed by atoms with Gasteiger partial charge in [0, 0.05) is 18.2 Å². The van der Waals surface area contributed by atoms with E-state index < -0.39 is 10.0 Å². The zero-order chi connectivity index (χ0) is 21.7. The molecule has 164 valence electrons. The summed E-state index contributed by atoms with van der Waals surface area (Å²) in [4.78, 5) is 14.7. The van der Waals surface area contributed by atoms with Crippen molar-refractivity contribution < 1.29 is 22.4 Å². The Morgan fingerprint density at radius 2 is 2.00 bits per heavy atom. The highest BCUT2D eigenvalue weighted by atomic mass is 32.2. The molecule has 8 nitrogen and oxygen atoms in total. The van der Waals surface area contributed by atoms with Crippen LogP contribution in [0, 0.1) is 0 Å². The second kappa shape index (κ2) is 9.63. The number of methoxy groups -OCH3 is 1. The summed E-state index contributed by atoms with van der Waals surface area (Å²) in [6, 6.07) is 7.85. The number of hydrogen-bond donors (Lipinski definition) is 2. The topological polar surface area (TPSA) is 101 Å². The average molecular weight is 436 g/mol. The van der Waals surface area contributed by atoms with Crippen LogP contribution >= 0.6 is 0 Å². The van der Waals surface area contributed by atoms with Crippen LogP contribution in [0.1, 0.15) is 47.8 Å². The maximum absolute atomic E-state index is 12.9. The largest absolute Gasteiger partial charge is 0.495 e. The normalized spacial score (nSPS) is 16.0. The molecule has 1 heterocycles. The minimum absolute atomic E-state index is 0.0280. The highest BCUT2D eigenvalue weighted by molar-refractivity contribution is 7.89. The number of furan rings is 1. The maximum atomic E-state index is 12.9. The first-order chi connectivity index (χ1) is 14.3. The van der Waals surface area contributed by atoms with Crippen LogP contribution in [-0.2, 0) is 10.0 Å². The SMILES string of the molecule is COc1ccc(C(=O)NC[C@H](c2ccco2)N(C)C)cc1S(=O)(=O)NC1CCCC1. The third kappa shape index (κ3) is 5.21. The Bertz CT molecular complexity index is 951. The molecular formula is C21H29N3O5S. The van der Waals surface area contributed by atoms with Gasteiger partial charge in [0.1, 0.15) is 16.4 Å². The zero-order valence-electron chi connectivity index (χ0n) is 17.6. The van der Waals surface area contributed by atoms with Gasteiger partial charge in [-0.05, 0) is 57.3 Å². The summed E-state index contributed by atoms with van der Waals surface area (Å²) in [6.07, 6.45) is 5.25. The smallest absolute Gasteiger partial charge is 0.251 e. The zero-order valence-corrected chi connectivity index (χ0v) is 18.4. The van der Waals surface area contributed by atoms with Crippen molar-refractivity contribution in [3.63, 3.8) is 0 Å². The van der Waals surface area contributed by atoms with Crippen molar-refractivity contribution in [3.8, 4) is 5.75 Å². The Labute approximate surface area is 177 Å². The number of ether oxygens (including phenoxy) is 1. The fraction of sp³-hybridized carbons (Fsp3) is 0.476. The van der Waals surface area contributed by atoms with E-state index in [0.29, 0.717) is 6.54 Å². The number of amides is 1. The summed E-state index contributed by atoms with van der Waals surface area (Å²) in [5, 5.41) is 2.86. The monoisotopic (exact) mass is 435 g/mol. The number of carbonyl (C=O) groups is 1. The van der Waals surface area contributed by atoms with Crippen molar-refractivity contribution in [3.05, 3.63) is 47.9 Å². The summed E-state index contributed by atoms with van der Waals surface area (Å²) in [5.41, 5.74) is 0.250. The van der Waals surface area contributed by atoms with Crippen molar-refractivity contribution in [2.75, 3.05) is 27.7 Å². The lowest BCUT2D eigenvalue weighted by Crippen LogP contribution is -2.35. The molecule has 2 aromatic rings. The van der Waals surface area contributed by atoms with Crippen molar-refractivity contribution >= 4 is 15.9 Å². The van der Waals surface area contributed by atoms with Crippen LogP contribution in [-0.4, -0.2) is 53.0 Å². The summed E-state index contributed by atoms with van der Waals surface area (Å²) in [7, 11) is 1.40. The predicted octanol–water partition coefficient (Wildman–Crippen LogP) is 2.54. The van der Waals surface area contributed by atoms with E-state index in [1.54, 1.807) is 18.4 Å². The van der Waals surface area contributed by atoms with Crippen LogP contribution in [0.3, 0.4) is 0 Å². The van der Waals surface area contributed by atoms with Gasteiger partial charge in [-0.3, -0.25) is 9.69 Å². The summed E-state index contributed by atoms with van der Waals surface area (Å²) in [5.74, 6) is 0.575. The van der Waals surface area contributed by atoms with Crippen LogP contribution in [0.4, 0.5) is 0 Å². The summed E-state index contributed by atoms with van der Waals surface area (Å²) < 4.78 is 39.3. The lowest BCUT2D eigenvalue weighted by atomic mass is 10.1. The van der Waals surface area contributed by atoms with Crippen LogP contribution in [0.5, 0.6) is 5.75 Å². The van der Waals surface area contributed by atoms with E-state index in [1.165, 1.54) is 19.2 Å². The highest BCUT2D eigenvalue weighted by Crippen LogP contribution is 2.27. The molecule has 0 spiro atoms. The van der Waals surface area contributed by atoms with Gasteiger partial charge in [-0.25, -0.2) is 13.1 Å². The van der Waals surface area contributed by atoms with E-state index in [2.05, 4.69) is 10.0 Å². The first-order valence-electron chi connectivity index (χ1n) is 10.00. The highest BCUT2D eigenvalue weighted by Gasteiger charge is 2.27. The Balaban J connectivity index is 1.77. The second-order valence-corrected chi connectivity index (χ2v) is 9.36. The molecule has 1 amide bonds. The molecule has 0 bridgehead atoms. The Morgan fingerprint density at radius 3 is 2.60 bits per heavy atom. The molecule has 2 N–H and O–H groups in total. The summed E-state index contributed by atoms with van der Waals surface area (Å²) >= 11 is 0. The van der Waals surface area contributed by atoms with E-state index in [0.717, 1.165) is 31.4 Å². The molecule has 0 radical (unpaired) electrons. The van der Waals surface area contributed by atoms with Gasteiger partial charge in [-0.2, -0.15) is 0 Å². The molecule has 1 aromatic carbocycles. The van der Waals surface area contributed by atoms with Crippen molar-refractivity contribution in [1.29, 1.82) is 0 Å². The van der Waals surface area contributed by atoms with Gasteiger partial charge in [0.2, 0.25) is 10.0 Å². The van der Waals surface area contributed by atoms with Gasteiger partial charge in [-0.1, -0.05) is 12.8 Å². The number of hydrogen-bond acceptors (Lipinski definition) is 6. The van der Waals surface area contributed by atoms with Crippen LogP contribution in [0.2, 0.25) is 0 Å². The summed E-state index contributed by atoms with van der Waals surface area (Å²) in [6.45, 7) is 0.313. The number of nitrogens with zero attached hydrogens (tertiary/aromatic N) is 1. The Hall–Kier alpha value is -2.36. The van der Waals surface area contributed by atoms with Gasteiger partial charge in [0.25, 0.3) is 5.91 Å². The molecule has 1 atom stereocenters. The molecule has 1 fully saturated rings. The van der Waals surface area contributed by atoms with E-state index in [4.69, 9.17) is 9.15 Å². The average Bonchev–Trinajstić information content (AvgIpc) is 3.41. The molecule has 0 aliphatic heterocycles. The maximum Gasteiger partial charge on any atom is 0.251 e. The number of rotatable bonds is 9. The van der Waals surface area contributed by atoms with Crippen molar-refractivity contribution in [1.82, 2.24) is 14.9 Å². The molecule has 0 unspecified atom stereocenters. The number of likely N-dealkylation sites (N-methyl/N-ethyl adjacent to an activating group) is 1. The van der Waals surface area contributed by atoms with Crippen molar-refractivity contribution in [2.24, 2.45) is 0 Å². The molecule has 1 aliphatic rings. The van der Waals surface area contributed by atoms with Crippen LogP contribution < -0.4 is 14.8 Å². The van der Waals surface area contributed by atoms with Gasteiger partial charge >= 0.3 is 0 Å². The minimum atomic E-state index is -3.80. The molecule has 9 heteroatoms. The predicted molar refractivity (Wildman–Crippen MR) is 113 cm³/mol. The molecule has 1 saturated carbocycles. The number of benzene rings is 1. The van der Waals surface area contributed by atoms with Gasteiger partial charge in [0.15, 0.2) is 0 Å². The van der Waals surface area contributed by atoms with E-state index in [-0.39, 0.29) is 34.2 Å². The van der Waals surface area contributed by atoms with Crippen molar-refractivity contribution in [2.45, 2.75) is 42.7 Å². The van der Waals surface area contributed by atoms with Gasteiger partial charge < -0.3 is 14.5 Å². The molecule has 3 rings (SSSR count). The van der Waals surface area contributed by atoms with Crippen LogP contribution in [0.15, 0.2) is 45.9 Å². The molecule has 0 saturated heterocycles. The fourth-order valence-electron chi connectivity index (χ4n) is 3.66. The number of nitrogens with one attached hydrogen (secondary N) is 2. The van der Waals surface area contributed by atoms with E-state index in [1.807, 2.05) is 25.1 Å².